The Bertz CT molecular complexity index is 637. The van der Waals surface area contributed by atoms with Gasteiger partial charge in [-0.1, -0.05) is 6.92 Å². The van der Waals surface area contributed by atoms with E-state index in [1.807, 2.05) is 0 Å². The highest BCUT2D eigenvalue weighted by Crippen LogP contribution is 2.13. The van der Waals surface area contributed by atoms with Crippen LogP contribution in [0.2, 0.25) is 0 Å². The minimum absolute atomic E-state index is 0.0381. The fourth-order valence-electron chi connectivity index (χ4n) is 1.60. The van der Waals surface area contributed by atoms with Crippen LogP contribution in [0.15, 0.2) is 11.1 Å². The minimum atomic E-state index is -3.72. The van der Waals surface area contributed by atoms with Crippen LogP contribution in [-0.2, 0) is 20.0 Å². The van der Waals surface area contributed by atoms with Gasteiger partial charge in [-0.15, -0.1) is 0 Å². The molecule has 0 unspecified atom stereocenters. The topological polar surface area (TPSA) is 138 Å². The monoisotopic (exact) mass is 325 g/mol. The van der Waals surface area contributed by atoms with Crippen LogP contribution in [0.25, 0.3) is 0 Å². The summed E-state index contributed by atoms with van der Waals surface area (Å²) in [6.07, 6.45) is 2.59. The van der Waals surface area contributed by atoms with E-state index in [0.29, 0.717) is 13.0 Å². The van der Waals surface area contributed by atoms with Gasteiger partial charge in [-0.25, -0.2) is 25.9 Å². The van der Waals surface area contributed by atoms with E-state index >= 15 is 0 Å². The Morgan fingerprint density at radius 2 is 2.05 bits per heavy atom. The smallest absolute Gasteiger partial charge is 0.245 e. The van der Waals surface area contributed by atoms with Crippen LogP contribution in [0, 0.1) is 0 Å². The number of sulfonamides is 2. The van der Waals surface area contributed by atoms with Crippen molar-refractivity contribution in [2.75, 3.05) is 31.6 Å². The Labute approximate surface area is 118 Å². The lowest BCUT2D eigenvalue weighted by Gasteiger charge is -2.17. The standard InChI is InChI=1S/C9H19N5O4S2/c1-3-14(19(2,15)16)6-4-5-12-20(17,18)8-7-11-13-9(8)10/h7,12H,3-6H2,1-2H3,(H3,10,11,13). The summed E-state index contributed by atoms with van der Waals surface area (Å²) in [5.74, 6) is -0.0381. The van der Waals surface area contributed by atoms with E-state index in [1.165, 1.54) is 4.31 Å². The number of nitrogens with zero attached hydrogens (tertiary/aromatic N) is 2. The van der Waals surface area contributed by atoms with Crippen LogP contribution in [0.1, 0.15) is 13.3 Å². The average molecular weight is 325 g/mol. The average Bonchev–Trinajstić information content (AvgIpc) is 2.74. The third kappa shape index (κ3) is 4.44. The van der Waals surface area contributed by atoms with E-state index in [0.717, 1.165) is 12.5 Å². The fraction of sp³-hybridized carbons (Fsp3) is 0.667. The third-order valence-corrected chi connectivity index (χ3v) is 5.49. The van der Waals surface area contributed by atoms with Gasteiger partial charge in [-0.3, -0.25) is 5.10 Å². The first kappa shape index (κ1) is 16.9. The number of anilines is 1. The number of hydrogen-bond donors (Lipinski definition) is 3. The van der Waals surface area contributed by atoms with E-state index < -0.39 is 20.0 Å². The van der Waals surface area contributed by atoms with Crippen LogP contribution in [0.3, 0.4) is 0 Å². The molecule has 4 N–H and O–H groups in total. The molecule has 0 bridgehead atoms. The fourth-order valence-corrected chi connectivity index (χ4v) is 3.62. The molecule has 9 nitrogen and oxygen atoms in total. The zero-order valence-corrected chi connectivity index (χ0v) is 13.0. The third-order valence-electron chi connectivity index (χ3n) is 2.62. The Morgan fingerprint density at radius 3 is 2.50 bits per heavy atom. The van der Waals surface area contributed by atoms with Gasteiger partial charge in [0.25, 0.3) is 0 Å². The second kappa shape index (κ2) is 6.52. The molecular formula is C9H19N5O4S2. The summed E-state index contributed by atoms with van der Waals surface area (Å²) >= 11 is 0. The molecule has 11 heteroatoms. The molecule has 0 aliphatic heterocycles. The van der Waals surface area contributed by atoms with Crippen LogP contribution in [0.5, 0.6) is 0 Å². The molecule has 0 spiro atoms. The number of rotatable bonds is 8. The molecular weight excluding hydrogens is 306 g/mol. The van der Waals surface area contributed by atoms with Gasteiger partial charge < -0.3 is 5.73 Å². The van der Waals surface area contributed by atoms with Crippen molar-refractivity contribution in [3.8, 4) is 0 Å². The molecule has 0 radical (unpaired) electrons. The molecule has 0 aromatic carbocycles. The molecule has 0 amide bonds. The Morgan fingerprint density at radius 1 is 1.40 bits per heavy atom. The van der Waals surface area contributed by atoms with Crippen LogP contribution in [-0.4, -0.2) is 57.2 Å². The molecule has 1 aromatic heterocycles. The first-order valence-corrected chi connectivity index (χ1v) is 9.25. The van der Waals surface area contributed by atoms with Gasteiger partial charge >= 0.3 is 0 Å². The van der Waals surface area contributed by atoms with Crippen LogP contribution in [0.4, 0.5) is 5.82 Å². The molecule has 0 fully saturated rings. The SMILES string of the molecule is CCN(CCCNS(=O)(=O)c1cn[nH]c1N)S(C)(=O)=O. The largest absolute Gasteiger partial charge is 0.383 e. The number of nitrogen functional groups attached to an aromatic ring is 1. The zero-order chi connectivity index (χ0) is 15.4. The van der Waals surface area contributed by atoms with E-state index in [1.54, 1.807) is 6.92 Å². The molecule has 1 rings (SSSR count). The van der Waals surface area contributed by atoms with E-state index in [2.05, 4.69) is 14.9 Å². The highest BCUT2D eigenvalue weighted by molar-refractivity contribution is 7.89. The van der Waals surface area contributed by atoms with Crippen molar-refractivity contribution in [3.63, 3.8) is 0 Å². The first-order chi connectivity index (χ1) is 9.18. The first-order valence-electron chi connectivity index (χ1n) is 5.92. The second-order valence-corrected chi connectivity index (χ2v) is 7.87. The van der Waals surface area contributed by atoms with Crippen molar-refractivity contribution < 1.29 is 16.8 Å². The number of hydrogen-bond acceptors (Lipinski definition) is 6. The Hall–Kier alpha value is -1.17. The van der Waals surface area contributed by atoms with E-state index in [-0.39, 0.29) is 23.8 Å². The lowest BCUT2D eigenvalue weighted by Crippen LogP contribution is -2.33. The molecule has 0 aliphatic rings. The van der Waals surface area contributed by atoms with E-state index in [9.17, 15) is 16.8 Å². The summed E-state index contributed by atoms with van der Waals surface area (Å²) in [4.78, 5) is -0.118. The maximum absolute atomic E-state index is 11.8. The van der Waals surface area contributed by atoms with Gasteiger partial charge in [0.1, 0.15) is 10.7 Å². The minimum Gasteiger partial charge on any atom is -0.383 e. The molecule has 0 aliphatic carbocycles. The molecule has 20 heavy (non-hydrogen) atoms. The second-order valence-electron chi connectivity index (χ2n) is 4.15. The zero-order valence-electron chi connectivity index (χ0n) is 11.3. The number of nitrogens with two attached hydrogens (primary N) is 1. The molecule has 1 heterocycles. The molecule has 116 valence electrons. The van der Waals surface area contributed by atoms with Gasteiger partial charge in [-0.05, 0) is 6.42 Å². The molecule has 0 atom stereocenters. The summed E-state index contributed by atoms with van der Waals surface area (Å²) < 4.78 is 50.0. The number of aromatic amines is 1. The maximum atomic E-state index is 11.8. The van der Waals surface area contributed by atoms with E-state index in [4.69, 9.17) is 5.73 Å². The maximum Gasteiger partial charge on any atom is 0.245 e. The number of H-pyrrole nitrogens is 1. The van der Waals surface area contributed by atoms with Crippen molar-refractivity contribution in [1.29, 1.82) is 0 Å². The molecule has 0 saturated carbocycles. The van der Waals surface area contributed by atoms with Gasteiger partial charge in [0.05, 0.1) is 12.5 Å². The normalized spacial score (nSPS) is 12.9. The quantitative estimate of drug-likeness (QED) is 0.521. The summed E-state index contributed by atoms with van der Waals surface area (Å²) in [5, 5.41) is 5.87. The predicted molar refractivity (Wildman–Crippen MR) is 74.9 cm³/mol. The van der Waals surface area contributed by atoms with Crippen LogP contribution >= 0.6 is 0 Å². The van der Waals surface area contributed by atoms with Crippen molar-refractivity contribution in [1.82, 2.24) is 19.2 Å². The number of aromatic nitrogens is 2. The van der Waals surface area contributed by atoms with Gasteiger partial charge in [0, 0.05) is 19.6 Å². The predicted octanol–water partition coefficient (Wildman–Crippen LogP) is -1.06. The lowest BCUT2D eigenvalue weighted by molar-refractivity contribution is 0.424. The van der Waals surface area contributed by atoms with Crippen molar-refractivity contribution in [2.45, 2.75) is 18.2 Å². The van der Waals surface area contributed by atoms with Gasteiger partial charge in [0.15, 0.2) is 0 Å². The molecule has 1 aromatic rings. The van der Waals surface area contributed by atoms with Crippen molar-refractivity contribution in [2.24, 2.45) is 0 Å². The highest BCUT2D eigenvalue weighted by atomic mass is 32.2. The molecule has 0 saturated heterocycles. The van der Waals surface area contributed by atoms with Gasteiger partial charge in [0.2, 0.25) is 20.0 Å². The van der Waals surface area contributed by atoms with Crippen molar-refractivity contribution in [3.05, 3.63) is 6.20 Å². The summed E-state index contributed by atoms with van der Waals surface area (Å²) in [6, 6.07) is 0. The summed E-state index contributed by atoms with van der Waals surface area (Å²) in [7, 11) is -6.98. The Kier molecular flexibility index (Phi) is 5.50. The van der Waals surface area contributed by atoms with Crippen molar-refractivity contribution >= 4 is 25.9 Å². The number of nitrogens with one attached hydrogen (secondary N) is 2. The summed E-state index contributed by atoms with van der Waals surface area (Å²) in [5.41, 5.74) is 5.43. The Balaban J connectivity index is 2.51. The highest BCUT2D eigenvalue weighted by Gasteiger charge is 2.19. The lowest BCUT2D eigenvalue weighted by atomic mass is 10.4. The van der Waals surface area contributed by atoms with Gasteiger partial charge in [-0.2, -0.15) is 5.10 Å². The van der Waals surface area contributed by atoms with Crippen LogP contribution < -0.4 is 10.5 Å². The summed E-state index contributed by atoms with van der Waals surface area (Å²) in [6.45, 7) is 2.43.